The van der Waals surface area contributed by atoms with Crippen LogP contribution in [0.4, 0.5) is 5.69 Å². The second kappa shape index (κ2) is 9.18. The number of ether oxygens (including phenoxy) is 2. The van der Waals surface area contributed by atoms with Gasteiger partial charge in [-0.3, -0.25) is 19.4 Å². The van der Waals surface area contributed by atoms with Gasteiger partial charge in [0.05, 0.1) is 11.4 Å². The van der Waals surface area contributed by atoms with E-state index in [4.69, 9.17) is 15.2 Å². The highest BCUT2D eigenvalue weighted by atomic mass is 32.2. The van der Waals surface area contributed by atoms with Gasteiger partial charge in [0.25, 0.3) is 5.91 Å². The van der Waals surface area contributed by atoms with Crippen molar-refractivity contribution >= 4 is 46.2 Å². The molecule has 0 bridgehead atoms. The van der Waals surface area contributed by atoms with Crippen LogP contribution in [0.2, 0.25) is 0 Å². The number of fused-ring (bicyclic) bond motifs is 4. The summed E-state index contributed by atoms with van der Waals surface area (Å²) in [4.78, 5) is 47.4. The molecule has 3 aliphatic heterocycles. The van der Waals surface area contributed by atoms with E-state index in [2.05, 4.69) is 15.3 Å². The second-order valence-electron chi connectivity index (χ2n) is 7.81. The molecule has 3 N–H and O–H groups in total. The molecule has 0 aromatic heterocycles. The third kappa shape index (κ3) is 4.34. The monoisotopic (exact) mass is 479 g/mol. The second-order valence-corrected chi connectivity index (χ2v) is 8.75. The number of aliphatic imine (C=N–C) groups is 2. The van der Waals surface area contributed by atoms with Gasteiger partial charge < -0.3 is 20.5 Å². The minimum Gasteiger partial charge on any atom is -0.454 e. The smallest absolute Gasteiger partial charge is 0.259 e. The van der Waals surface area contributed by atoms with E-state index in [0.29, 0.717) is 34.7 Å². The number of nitrogens with zero attached hydrogens (tertiary/aromatic N) is 3. The topological polar surface area (TPSA) is 136 Å². The van der Waals surface area contributed by atoms with E-state index in [0.717, 1.165) is 22.9 Å². The van der Waals surface area contributed by atoms with Crippen LogP contribution in [0.25, 0.3) is 0 Å². The van der Waals surface area contributed by atoms with E-state index >= 15 is 0 Å². The fourth-order valence-corrected chi connectivity index (χ4v) is 4.57. The summed E-state index contributed by atoms with van der Waals surface area (Å²) in [6.45, 7) is 0.528. The predicted octanol–water partition coefficient (Wildman–Crippen LogP) is 1.69. The zero-order chi connectivity index (χ0) is 23.7. The van der Waals surface area contributed by atoms with Gasteiger partial charge >= 0.3 is 0 Å². The first-order valence-electron chi connectivity index (χ1n) is 10.7. The van der Waals surface area contributed by atoms with Gasteiger partial charge in [-0.15, -0.1) is 0 Å². The molecule has 0 radical (unpaired) electrons. The standard InChI is InChI=1S/C23H21N5O5S/c24-19(29)11-34-23-27-15-4-2-1-3-14(15)21-26-16(22(31)28(21)23)6-8-20(30)25-10-13-5-7-17-18(9-13)33-12-32-17/h1-5,7,9,16H,6,8,10-12H2,(H2,24,29)(H,25,30)/t16-/m0/s1. The molecule has 0 spiro atoms. The van der Waals surface area contributed by atoms with Crippen LogP contribution in [0.3, 0.4) is 0 Å². The first kappa shape index (κ1) is 22.0. The van der Waals surface area contributed by atoms with Gasteiger partial charge in [0, 0.05) is 18.5 Å². The Kier molecular flexibility index (Phi) is 5.93. The zero-order valence-corrected chi connectivity index (χ0v) is 18.8. The molecule has 174 valence electrons. The Bertz CT molecular complexity index is 1240. The first-order valence-corrected chi connectivity index (χ1v) is 11.6. The van der Waals surface area contributed by atoms with Crippen LogP contribution in [0.1, 0.15) is 24.0 Å². The quantitative estimate of drug-likeness (QED) is 0.620. The Morgan fingerprint density at radius 1 is 1.18 bits per heavy atom. The van der Waals surface area contributed by atoms with Crippen molar-refractivity contribution in [3.05, 3.63) is 53.6 Å². The molecule has 34 heavy (non-hydrogen) atoms. The molecule has 11 heteroatoms. The summed E-state index contributed by atoms with van der Waals surface area (Å²) in [5.41, 5.74) is 7.56. The minimum atomic E-state index is -0.711. The lowest BCUT2D eigenvalue weighted by molar-refractivity contribution is -0.125. The van der Waals surface area contributed by atoms with Crippen molar-refractivity contribution in [3.63, 3.8) is 0 Å². The van der Waals surface area contributed by atoms with Crippen LogP contribution < -0.4 is 20.5 Å². The van der Waals surface area contributed by atoms with E-state index in [1.807, 2.05) is 36.4 Å². The SMILES string of the molecule is NC(=O)CSC1=Nc2ccccc2C2=N[C@@H](CCC(=O)NCc3ccc4c(c3)OCO4)C(=O)N12. The summed E-state index contributed by atoms with van der Waals surface area (Å²) < 4.78 is 10.6. The van der Waals surface area contributed by atoms with Crippen LogP contribution >= 0.6 is 11.8 Å². The van der Waals surface area contributed by atoms with Crippen LogP contribution in [-0.2, 0) is 20.9 Å². The maximum Gasteiger partial charge on any atom is 0.259 e. The fourth-order valence-electron chi connectivity index (χ4n) is 3.83. The summed E-state index contributed by atoms with van der Waals surface area (Å²) in [6.07, 6.45) is 0.385. The lowest BCUT2D eigenvalue weighted by atomic mass is 10.1. The zero-order valence-electron chi connectivity index (χ0n) is 18.0. The normalized spacial score (nSPS) is 17.6. The number of rotatable bonds is 7. The number of benzene rings is 2. The number of thioether (sulfide) groups is 1. The molecule has 0 fully saturated rings. The Labute approximate surface area is 199 Å². The number of carbonyl (C=O) groups is 3. The van der Waals surface area contributed by atoms with Crippen molar-refractivity contribution in [1.82, 2.24) is 10.2 Å². The lowest BCUT2D eigenvalue weighted by Gasteiger charge is -2.25. The highest BCUT2D eigenvalue weighted by molar-refractivity contribution is 8.14. The maximum absolute atomic E-state index is 13.1. The molecular weight excluding hydrogens is 458 g/mol. The molecule has 1 atom stereocenters. The van der Waals surface area contributed by atoms with E-state index in [1.165, 1.54) is 4.90 Å². The van der Waals surface area contributed by atoms with Crippen LogP contribution in [0.15, 0.2) is 52.4 Å². The van der Waals surface area contributed by atoms with Crippen molar-refractivity contribution in [3.8, 4) is 11.5 Å². The molecule has 0 saturated carbocycles. The number of amides is 3. The third-order valence-electron chi connectivity index (χ3n) is 5.46. The summed E-state index contributed by atoms with van der Waals surface area (Å²) in [7, 11) is 0. The number of nitrogens with two attached hydrogens (primary N) is 1. The molecule has 2 aromatic carbocycles. The molecule has 0 unspecified atom stereocenters. The van der Waals surface area contributed by atoms with Gasteiger partial charge in [0.1, 0.15) is 11.9 Å². The van der Waals surface area contributed by atoms with Gasteiger partial charge in [-0.25, -0.2) is 9.89 Å². The van der Waals surface area contributed by atoms with Gasteiger partial charge in [0.2, 0.25) is 18.6 Å². The molecule has 5 rings (SSSR count). The van der Waals surface area contributed by atoms with Crippen molar-refractivity contribution in [2.24, 2.45) is 15.7 Å². The summed E-state index contributed by atoms with van der Waals surface area (Å²) in [5, 5.41) is 3.22. The Morgan fingerprint density at radius 3 is 2.85 bits per heavy atom. The number of nitrogens with one attached hydrogen (secondary N) is 1. The molecule has 3 amide bonds. The van der Waals surface area contributed by atoms with Gasteiger partial charge in [0.15, 0.2) is 16.7 Å². The number of carbonyl (C=O) groups excluding carboxylic acids is 3. The highest BCUT2D eigenvalue weighted by Gasteiger charge is 2.41. The van der Waals surface area contributed by atoms with Crippen molar-refractivity contribution in [2.45, 2.75) is 25.4 Å². The number of primary amides is 1. The van der Waals surface area contributed by atoms with E-state index in [9.17, 15) is 14.4 Å². The molecule has 10 nitrogen and oxygen atoms in total. The Morgan fingerprint density at radius 2 is 2.00 bits per heavy atom. The fraction of sp³-hybridized carbons (Fsp3) is 0.261. The Balaban J connectivity index is 1.23. The van der Waals surface area contributed by atoms with Gasteiger partial charge in [-0.05, 0) is 36.2 Å². The first-order chi connectivity index (χ1) is 16.5. The average Bonchev–Trinajstić information content (AvgIpc) is 3.44. The van der Waals surface area contributed by atoms with Crippen molar-refractivity contribution in [2.75, 3.05) is 12.5 Å². The van der Waals surface area contributed by atoms with Crippen LogP contribution in [0.5, 0.6) is 11.5 Å². The third-order valence-corrected chi connectivity index (χ3v) is 6.42. The number of para-hydroxylation sites is 1. The van der Waals surface area contributed by atoms with Gasteiger partial charge in [-0.1, -0.05) is 30.0 Å². The average molecular weight is 480 g/mol. The molecule has 0 aliphatic carbocycles. The summed E-state index contributed by atoms with van der Waals surface area (Å²) in [5.74, 6) is 0.842. The van der Waals surface area contributed by atoms with Crippen molar-refractivity contribution in [1.29, 1.82) is 0 Å². The van der Waals surface area contributed by atoms with Crippen molar-refractivity contribution < 1.29 is 23.9 Å². The largest absolute Gasteiger partial charge is 0.454 e. The van der Waals surface area contributed by atoms with E-state index in [-0.39, 0.29) is 37.2 Å². The number of amidine groups is 2. The van der Waals surface area contributed by atoms with Crippen LogP contribution in [0, 0.1) is 0 Å². The minimum absolute atomic E-state index is 0.00894. The van der Waals surface area contributed by atoms with E-state index < -0.39 is 11.9 Å². The lowest BCUT2D eigenvalue weighted by Crippen LogP contribution is -2.41. The van der Waals surface area contributed by atoms with Gasteiger partial charge in [-0.2, -0.15) is 0 Å². The van der Waals surface area contributed by atoms with Crippen LogP contribution in [-0.4, -0.2) is 52.2 Å². The highest BCUT2D eigenvalue weighted by Crippen LogP contribution is 2.34. The number of hydrogen-bond donors (Lipinski definition) is 2. The molecule has 2 aromatic rings. The molecule has 0 saturated heterocycles. The maximum atomic E-state index is 13.1. The molecular formula is C23H21N5O5S. The van der Waals surface area contributed by atoms with E-state index in [1.54, 1.807) is 6.07 Å². The molecule has 3 aliphatic rings. The summed E-state index contributed by atoms with van der Waals surface area (Å²) >= 11 is 1.09. The number of hydrogen-bond acceptors (Lipinski definition) is 8. The Hall–Kier alpha value is -3.86. The predicted molar refractivity (Wildman–Crippen MR) is 126 cm³/mol. The summed E-state index contributed by atoms with van der Waals surface area (Å²) in [6, 6.07) is 12.1. The molecule has 3 heterocycles.